The fourth-order valence-electron chi connectivity index (χ4n) is 1.44. The van der Waals surface area contributed by atoms with Crippen LogP contribution >= 0.6 is 11.3 Å². The molecule has 98 valence electrons. The van der Waals surface area contributed by atoms with Crippen molar-refractivity contribution in [3.05, 3.63) is 27.0 Å². The molecule has 18 heavy (non-hydrogen) atoms. The quantitative estimate of drug-likeness (QED) is 0.268. The minimum atomic E-state index is -0.959. The van der Waals surface area contributed by atoms with Crippen molar-refractivity contribution in [1.29, 1.82) is 0 Å². The van der Waals surface area contributed by atoms with Gasteiger partial charge < -0.3 is 4.74 Å². The van der Waals surface area contributed by atoms with E-state index in [0.717, 1.165) is 0 Å². The van der Waals surface area contributed by atoms with Gasteiger partial charge in [-0.1, -0.05) is 5.11 Å². The lowest BCUT2D eigenvalue weighted by Crippen LogP contribution is -2.47. The van der Waals surface area contributed by atoms with Gasteiger partial charge in [-0.15, -0.1) is 11.3 Å². The Morgan fingerprint density at radius 3 is 3.11 bits per heavy atom. The van der Waals surface area contributed by atoms with Crippen LogP contribution in [-0.4, -0.2) is 31.2 Å². The van der Waals surface area contributed by atoms with Gasteiger partial charge >= 0.3 is 5.97 Å². The van der Waals surface area contributed by atoms with E-state index in [-0.39, 0.29) is 5.97 Å². The molecule has 1 atom stereocenters. The Balaban J connectivity index is 2.68. The van der Waals surface area contributed by atoms with Crippen LogP contribution in [0.25, 0.3) is 10.4 Å². The largest absolute Gasteiger partial charge is 0.467 e. The fourth-order valence-corrected chi connectivity index (χ4v) is 2.21. The Labute approximate surface area is 109 Å². The minimum Gasteiger partial charge on any atom is -0.467 e. The molecule has 1 N–H and O–H groups in total. The number of esters is 1. The van der Waals surface area contributed by atoms with E-state index in [1.165, 1.54) is 18.4 Å². The highest BCUT2D eigenvalue weighted by molar-refractivity contribution is 7.09. The standard InChI is InChI=1S/C10H15N5O2S/c1-10(9(16)17-2,8-12-6-7-18-8)13-4-3-5-14-15-11/h6-7,13H,3-5H2,1-2H3. The third-order valence-electron chi connectivity index (χ3n) is 2.43. The average molecular weight is 269 g/mol. The predicted molar refractivity (Wildman–Crippen MR) is 68.1 cm³/mol. The summed E-state index contributed by atoms with van der Waals surface area (Å²) in [6.07, 6.45) is 2.28. The molecule has 8 heteroatoms. The Bertz CT molecular complexity index is 429. The van der Waals surface area contributed by atoms with Gasteiger partial charge in [-0.3, -0.25) is 5.32 Å². The predicted octanol–water partition coefficient (Wildman–Crippen LogP) is 1.82. The second-order valence-corrected chi connectivity index (χ2v) is 4.58. The molecule has 0 radical (unpaired) electrons. The monoisotopic (exact) mass is 269 g/mol. The van der Waals surface area contributed by atoms with Gasteiger partial charge in [0.05, 0.1) is 7.11 Å². The first kappa shape index (κ1) is 14.4. The van der Waals surface area contributed by atoms with Crippen molar-refractivity contribution >= 4 is 17.3 Å². The molecule has 7 nitrogen and oxygen atoms in total. The molecule has 1 rings (SSSR count). The Morgan fingerprint density at radius 1 is 1.78 bits per heavy atom. The second-order valence-electron chi connectivity index (χ2n) is 3.69. The maximum Gasteiger partial charge on any atom is 0.332 e. The van der Waals surface area contributed by atoms with Gasteiger partial charge in [0.1, 0.15) is 5.01 Å². The van der Waals surface area contributed by atoms with Crippen molar-refractivity contribution in [2.45, 2.75) is 18.9 Å². The van der Waals surface area contributed by atoms with E-state index in [1.807, 2.05) is 0 Å². The number of azide groups is 1. The van der Waals surface area contributed by atoms with E-state index in [4.69, 9.17) is 10.3 Å². The highest BCUT2D eigenvalue weighted by Gasteiger charge is 2.38. The summed E-state index contributed by atoms with van der Waals surface area (Å²) < 4.78 is 4.80. The molecular formula is C10H15N5O2S. The van der Waals surface area contributed by atoms with E-state index < -0.39 is 5.54 Å². The molecule has 1 aromatic rings. The molecular weight excluding hydrogens is 254 g/mol. The molecule has 0 saturated heterocycles. The summed E-state index contributed by atoms with van der Waals surface area (Å²) in [5.41, 5.74) is 7.20. The first-order valence-electron chi connectivity index (χ1n) is 5.39. The Hall–Kier alpha value is -1.63. The van der Waals surface area contributed by atoms with E-state index >= 15 is 0 Å². The number of nitrogens with zero attached hydrogens (tertiary/aromatic N) is 4. The fraction of sp³-hybridized carbons (Fsp3) is 0.600. The number of thiazole rings is 1. The van der Waals surface area contributed by atoms with E-state index in [9.17, 15) is 4.79 Å². The van der Waals surface area contributed by atoms with Gasteiger partial charge in [0.2, 0.25) is 0 Å². The minimum absolute atomic E-state index is 0.388. The summed E-state index contributed by atoms with van der Waals surface area (Å²) >= 11 is 1.39. The van der Waals surface area contributed by atoms with Gasteiger partial charge in [-0.2, -0.15) is 0 Å². The first-order valence-corrected chi connectivity index (χ1v) is 6.27. The first-order chi connectivity index (χ1) is 8.65. The number of hydrogen-bond acceptors (Lipinski definition) is 6. The average Bonchev–Trinajstić information content (AvgIpc) is 2.91. The van der Waals surface area contributed by atoms with Crippen LogP contribution < -0.4 is 5.32 Å². The highest BCUT2D eigenvalue weighted by Crippen LogP contribution is 2.24. The van der Waals surface area contributed by atoms with Crippen molar-refractivity contribution in [2.24, 2.45) is 5.11 Å². The molecule has 0 amide bonds. The summed E-state index contributed by atoms with van der Waals surface area (Å²) in [4.78, 5) is 18.7. The third kappa shape index (κ3) is 3.43. The van der Waals surface area contributed by atoms with Gasteiger partial charge in [0, 0.05) is 23.0 Å². The normalized spacial score (nSPS) is 13.4. The number of carbonyl (C=O) groups is 1. The topological polar surface area (TPSA) is 100.0 Å². The Kier molecular flexibility index (Phi) is 5.57. The zero-order valence-corrected chi connectivity index (χ0v) is 11.1. The highest BCUT2D eigenvalue weighted by atomic mass is 32.1. The van der Waals surface area contributed by atoms with Crippen molar-refractivity contribution in [1.82, 2.24) is 10.3 Å². The number of carbonyl (C=O) groups excluding carboxylic acids is 1. The maximum absolute atomic E-state index is 11.9. The smallest absolute Gasteiger partial charge is 0.332 e. The lowest BCUT2D eigenvalue weighted by atomic mass is 10.0. The third-order valence-corrected chi connectivity index (χ3v) is 3.43. The van der Waals surface area contributed by atoms with Crippen LogP contribution in [0.15, 0.2) is 16.7 Å². The van der Waals surface area contributed by atoms with Crippen LogP contribution in [0, 0.1) is 0 Å². The number of rotatable bonds is 7. The molecule has 1 unspecified atom stereocenters. The van der Waals surface area contributed by atoms with Crippen molar-refractivity contribution in [2.75, 3.05) is 20.2 Å². The number of ether oxygens (including phenoxy) is 1. The van der Waals surface area contributed by atoms with Gasteiger partial charge in [0.15, 0.2) is 5.54 Å². The SMILES string of the molecule is COC(=O)C(C)(NCCCN=[N+]=[N-])c1nccs1. The summed E-state index contributed by atoms with van der Waals surface area (Å²) in [5.74, 6) is -0.388. The lowest BCUT2D eigenvalue weighted by Gasteiger charge is -2.25. The molecule has 1 aromatic heterocycles. The second kappa shape index (κ2) is 6.95. The molecule has 1 heterocycles. The summed E-state index contributed by atoms with van der Waals surface area (Å²) in [7, 11) is 1.34. The summed E-state index contributed by atoms with van der Waals surface area (Å²) in [5, 5.41) is 8.98. The number of methoxy groups -OCH3 is 1. The molecule has 0 fully saturated rings. The van der Waals surface area contributed by atoms with Crippen LogP contribution in [0.1, 0.15) is 18.4 Å². The van der Waals surface area contributed by atoms with Crippen LogP contribution in [-0.2, 0) is 15.1 Å². The lowest BCUT2D eigenvalue weighted by molar-refractivity contribution is -0.148. The van der Waals surface area contributed by atoms with E-state index in [0.29, 0.717) is 24.5 Å². The van der Waals surface area contributed by atoms with Crippen LogP contribution in [0.4, 0.5) is 0 Å². The van der Waals surface area contributed by atoms with Gasteiger partial charge in [0.25, 0.3) is 0 Å². The van der Waals surface area contributed by atoms with Crippen LogP contribution in [0.5, 0.6) is 0 Å². The Morgan fingerprint density at radius 2 is 2.56 bits per heavy atom. The van der Waals surface area contributed by atoms with Crippen molar-refractivity contribution < 1.29 is 9.53 Å². The maximum atomic E-state index is 11.9. The summed E-state index contributed by atoms with van der Waals surface area (Å²) in [6, 6.07) is 0. The van der Waals surface area contributed by atoms with E-state index in [1.54, 1.807) is 18.5 Å². The number of hydrogen-bond donors (Lipinski definition) is 1. The number of aromatic nitrogens is 1. The molecule has 0 aliphatic heterocycles. The molecule has 0 aliphatic carbocycles. The molecule has 0 saturated carbocycles. The summed E-state index contributed by atoms with van der Waals surface area (Å²) in [6.45, 7) is 2.65. The van der Waals surface area contributed by atoms with Gasteiger partial charge in [-0.05, 0) is 25.4 Å². The zero-order chi connectivity index (χ0) is 13.4. The van der Waals surface area contributed by atoms with Gasteiger partial charge in [-0.25, -0.2) is 9.78 Å². The van der Waals surface area contributed by atoms with Crippen LogP contribution in [0.2, 0.25) is 0 Å². The number of nitrogens with one attached hydrogen (secondary N) is 1. The van der Waals surface area contributed by atoms with Crippen LogP contribution in [0.3, 0.4) is 0 Å². The molecule has 0 aromatic carbocycles. The molecule has 0 aliphatic rings. The van der Waals surface area contributed by atoms with Crippen molar-refractivity contribution in [3.8, 4) is 0 Å². The molecule has 0 spiro atoms. The van der Waals surface area contributed by atoms with E-state index in [2.05, 4.69) is 20.3 Å². The molecule has 0 bridgehead atoms. The van der Waals surface area contributed by atoms with Crippen molar-refractivity contribution in [3.63, 3.8) is 0 Å². The zero-order valence-electron chi connectivity index (χ0n) is 10.3.